The third-order valence-corrected chi connectivity index (χ3v) is 7.61. The average Bonchev–Trinajstić information content (AvgIpc) is 2.91. The van der Waals surface area contributed by atoms with Crippen LogP contribution in [0.1, 0.15) is 56.9 Å². The Morgan fingerprint density at radius 3 is 2.52 bits per heavy atom. The van der Waals surface area contributed by atoms with Crippen molar-refractivity contribution in [3.63, 3.8) is 0 Å². The van der Waals surface area contributed by atoms with Gasteiger partial charge in [-0.05, 0) is 62.5 Å². The van der Waals surface area contributed by atoms with Crippen LogP contribution in [-0.4, -0.2) is 18.5 Å². The van der Waals surface area contributed by atoms with Gasteiger partial charge in [-0.2, -0.15) is 0 Å². The van der Waals surface area contributed by atoms with Gasteiger partial charge in [-0.25, -0.2) is 4.39 Å². The molecule has 134 valence electrons. The summed E-state index contributed by atoms with van der Waals surface area (Å²) in [7, 11) is 0. The molecule has 1 aliphatic heterocycles. The topological polar surface area (TPSA) is 46.3 Å². The van der Waals surface area contributed by atoms with Crippen LogP contribution in [0, 0.1) is 23.6 Å². The lowest BCUT2D eigenvalue weighted by atomic mass is 9.64. The minimum Gasteiger partial charge on any atom is -0.327 e. The second kappa shape index (κ2) is 5.54. The van der Waals surface area contributed by atoms with E-state index in [4.69, 9.17) is 5.73 Å². The molecule has 1 aromatic carbocycles. The van der Waals surface area contributed by atoms with E-state index in [1.165, 1.54) is 6.42 Å². The van der Waals surface area contributed by atoms with E-state index in [-0.39, 0.29) is 29.1 Å². The molecular formula is C21H27FN2O. The SMILES string of the molecule is NC1C2CCCC1CC(C(=O)N1CC3(CCC3)c3c(F)cccc31)C2. The van der Waals surface area contributed by atoms with Gasteiger partial charge in [0.2, 0.25) is 5.91 Å². The van der Waals surface area contributed by atoms with Crippen molar-refractivity contribution >= 4 is 11.6 Å². The Labute approximate surface area is 148 Å². The van der Waals surface area contributed by atoms with Crippen molar-refractivity contribution in [2.45, 2.75) is 62.8 Å². The van der Waals surface area contributed by atoms with Gasteiger partial charge >= 0.3 is 0 Å². The predicted octanol–water partition coefficient (Wildman–Crippen LogP) is 3.75. The summed E-state index contributed by atoms with van der Waals surface area (Å²) in [5.74, 6) is 1.15. The summed E-state index contributed by atoms with van der Waals surface area (Å²) in [6, 6.07) is 5.52. The minimum atomic E-state index is -0.130. The first-order valence-electron chi connectivity index (χ1n) is 9.95. The summed E-state index contributed by atoms with van der Waals surface area (Å²) in [6.07, 6.45) is 8.57. The fourth-order valence-corrected chi connectivity index (χ4v) is 6.15. The molecule has 2 bridgehead atoms. The number of carbonyl (C=O) groups is 1. The highest BCUT2D eigenvalue weighted by Gasteiger charge is 2.51. The van der Waals surface area contributed by atoms with Crippen molar-refractivity contribution in [2.75, 3.05) is 11.4 Å². The van der Waals surface area contributed by atoms with Crippen LogP contribution in [0.25, 0.3) is 0 Å². The lowest BCUT2D eigenvalue weighted by Crippen LogP contribution is -2.50. The number of amides is 1. The molecule has 2 unspecified atom stereocenters. The Kier molecular flexibility index (Phi) is 3.50. The lowest BCUT2D eigenvalue weighted by Gasteiger charge is -2.44. The minimum absolute atomic E-state index is 0.0708. The predicted molar refractivity (Wildman–Crippen MR) is 95.8 cm³/mol. The molecule has 1 spiro atoms. The molecule has 5 rings (SSSR count). The fraction of sp³-hybridized carbons (Fsp3) is 0.667. The third-order valence-electron chi connectivity index (χ3n) is 7.61. The van der Waals surface area contributed by atoms with Crippen LogP contribution >= 0.6 is 0 Å². The molecule has 0 saturated heterocycles. The van der Waals surface area contributed by atoms with Crippen LogP contribution in [0.2, 0.25) is 0 Å². The number of hydrogen-bond donors (Lipinski definition) is 1. The van der Waals surface area contributed by atoms with Gasteiger partial charge in [-0.1, -0.05) is 18.9 Å². The summed E-state index contributed by atoms with van der Waals surface area (Å²) in [4.78, 5) is 15.3. The molecule has 3 nitrogen and oxygen atoms in total. The molecule has 1 aromatic rings. The van der Waals surface area contributed by atoms with Gasteiger partial charge in [0.05, 0.1) is 5.69 Å². The number of hydrogen-bond acceptors (Lipinski definition) is 2. The Balaban J connectivity index is 1.45. The van der Waals surface area contributed by atoms with Crippen molar-refractivity contribution in [3.05, 3.63) is 29.6 Å². The van der Waals surface area contributed by atoms with Gasteiger partial charge in [-0.15, -0.1) is 0 Å². The van der Waals surface area contributed by atoms with Gasteiger partial charge < -0.3 is 10.6 Å². The molecule has 1 amide bonds. The Morgan fingerprint density at radius 2 is 1.88 bits per heavy atom. The largest absolute Gasteiger partial charge is 0.327 e. The lowest BCUT2D eigenvalue weighted by molar-refractivity contribution is -0.125. The zero-order chi connectivity index (χ0) is 17.2. The second-order valence-electron chi connectivity index (χ2n) is 8.89. The smallest absolute Gasteiger partial charge is 0.230 e. The zero-order valence-corrected chi connectivity index (χ0v) is 14.7. The van der Waals surface area contributed by atoms with E-state index in [0.29, 0.717) is 18.4 Å². The number of halogens is 1. The fourth-order valence-electron chi connectivity index (χ4n) is 6.15. The molecule has 1 heterocycles. The maximum atomic E-state index is 14.6. The van der Waals surface area contributed by atoms with E-state index in [0.717, 1.165) is 56.2 Å². The maximum absolute atomic E-state index is 14.6. The Hall–Kier alpha value is -1.42. The second-order valence-corrected chi connectivity index (χ2v) is 8.89. The highest BCUT2D eigenvalue weighted by molar-refractivity contribution is 5.98. The first-order valence-corrected chi connectivity index (χ1v) is 9.95. The maximum Gasteiger partial charge on any atom is 0.230 e. The molecule has 4 aliphatic rings. The number of benzene rings is 1. The third kappa shape index (κ3) is 2.22. The molecule has 0 radical (unpaired) electrons. The van der Waals surface area contributed by atoms with Crippen molar-refractivity contribution in [2.24, 2.45) is 23.5 Å². The number of carbonyl (C=O) groups excluding carboxylic acids is 1. The van der Waals surface area contributed by atoms with Crippen LogP contribution in [0.15, 0.2) is 18.2 Å². The van der Waals surface area contributed by atoms with E-state index in [9.17, 15) is 9.18 Å². The van der Waals surface area contributed by atoms with Gasteiger partial charge in [0, 0.05) is 29.5 Å². The monoisotopic (exact) mass is 342 g/mol. The van der Waals surface area contributed by atoms with Crippen LogP contribution in [0.4, 0.5) is 10.1 Å². The van der Waals surface area contributed by atoms with E-state index in [2.05, 4.69) is 0 Å². The van der Waals surface area contributed by atoms with Crippen LogP contribution in [-0.2, 0) is 10.2 Å². The van der Waals surface area contributed by atoms with Crippen molar-refractivity contribution in [1.82, 2.24) is 0 Å². The van der Waals surface area contributed by atoms with E-state index >= 15 is 0 Å². The quantitative estimate of drug-likeness (QED) is 0.845. The average molecular weight is 342 g/mol. The standard InChI is InChI=1S/C21H27FN2O/c22-16-6-2-7-17-18(16)21(8-3-9-21)12-24(17)20(25)15-10-13-4-1-5-14(11-15)19(13)23/h2,6-7,13-15,19H,1,3-5,8-12,23H2. The normalized spacial score (nSPS) is 35.4. The molecule has 4 heteroatoms. The van der Waals surface area contributed by atoms with Crippen LogP contribution in [0.3, 0.4) is 0 Å². The zero-order valence-electron chi connectivity index (χ0n) is 14.7. The van der Waals surface area contributed by atoms with Crippen LogP contribution < -0.4 is 10.6 Å². The highest BCUT2D eigenvalue weighted by Crippen LogP contribution is 2.54. The molecule has 3 fully saturated rings. The molecule has 2 atom stereocenters. The van der Waals surface area contributed by atoms with Gasteiger partial charge in [0.25, 0.3) is 0 Å². The van der Waals surface area contributed by atoms with E-state index in [1.807, 2.05) is 11.0 Å². The number of rotatable bonds is 1. The van der Waals surface area contributed by atoms with E-state index in [1.54, 1.807) is 12.1 Å². The summed E-state index contributed by atoms with van der Waals surface area (Å²) in [6.45, 7) is 0.681. The number of nitrogens with two attached hydrogens (primary N) is 1. The summed E-state index contributed by atoms with van der Waals surface area (Å²) in [5.41, 5.74) is 7.93. The molecule has 25 heavy (non-hydrogen) atoms. The Morgan fingerprint density at radius 1 is 1.16 bits per heavy atom. The van der Waals surface area contributed by atoms with Gasteiger partial charge in [-0.3, -0.25) is 4.79 Å². The Bertz CT molecular complexity index is 700. The molecule has 2 N–H and O–H groups in total. The first kappa shape index (κ1) is 15.8. The van der Waals surface area contributed by atoms with Gasteiger partial charge in [0.15, 0.2) is 0 Å². The number of anilines is 1. The summed E-state index contributed by atoms with van der Waals surface area (Å²) in [5, 5.41) is 0. The van der Waals surface area contributed by atoms with Crippen molar-refractivity contribution < 1.29 is 9.18 Å². The summed E-state index contributed by atoms with van der Waals surface area (Å²) >= 11 is 0. The van der Waals surface area contributed by atoms with Gasteiger partial charge in [0.1, 0.15) is 5.82 Å². The van der Waals surface area contributed by atoms with Crippen LogP contribution in [0.5, 0.6) is 0 Å². The first-order chi connectivity index (χ1) is 12.1. The molecule has 3 aliphatic carbocycles. The molecule has 3 saturated carbocycles. The highest BCUT2D eigenvalue weighted by atomic mass is 19.1. The summed E-state index contributed by atoms with van der Waals surface area (Å²) < 4.78 is 14.6. The number of fused-ring (bicyclic) bond motifs is 4. The number of nitrogens with zero attached hydrogens (tertiary/aromatic N) is 1. The van der Waals surface area contributed by atoms with E-state index < -0.39 is 0 Å². The van der Waals surface area contributed by atoms with Crippen molar-refractivity contribution in [3.8, 4) is 0 Å². The molecule has 0 aromatic heterocycles. The van der Waals surface area contributed by atoms with Crippen molar-refractivity contribution in [1.29, 1.82) is 0 Å². The molecular weight excluding hydrogens is 315 g/mol.